The van der Waals surface area contributed by atoms with Crippen molar-refractivity contribution in [2.75, 3.05) is 39.8 Å². The summed E-state index contributed by atoms with van der Waals surface area (Å²) < 4.78 is 5.83. The Hall–Kier alpha value is -1.89. The number of aromatic nitrogens is 1. The van der Waals surface area contributed by atoms with Crippen LogP contribution in [0.3, 0.4) is 0 Å². The first kappa shape index (κ1) is 16.0. The third-order valence-corrected chi connectivity index (χ3v) is 4.26. The highest BCUT2D eigenvalue weighted by molar-refractivity contribution is 5.83. The molecule has 0 spiro atoms. The summed E-state index contributed by atoms with van der Waals surface area (Å²) in [4.78, 5) is 19.0. The molecule has 1 atom stereocenters. The SMILES string of the molecule is CN1CCO[C@H](CN(CC(N)=O)Cc2cccc3[nH]ccc23)C1. The average molecular weight is 316 g/mol. The van der Waals surface area contributed by atoms with Crippen LogP contribution in [0, 0.1) is 0 Å². The van der Waals surface area contributed by atoms with Crippen molar-refractivity contribution in [3.8, 4) is 0 Å². The number of aromatic amines is 1. The molecule has 0 aliphatic carbocycles. The second kappa shape index (κ2) is 7.12. The summed E-state index contributed by atoms with van der Waals surface area (Å²) in [6.07, 6.45) is 2.05. The quantitative estimate of drug-likeness (QED) is 0.826. The summed E-state index contributed by atoms with van der Waals surface area (Å²) in [5.74, 6) is -0.310. The fraction of sp³-hybridized carbons (Fsp3) is 0.471. The molecule has 0 saturated carbocycles. The van der Waals surface area contributed by atoms with E-state index in [0.717, 1.165) is 25.2 Å². The van der Waals surface area contributed by atoms with Crippen molar-refractivity contribution in [2.45, 2.75) is 12.6 Å². The topological polar surface area (TPSA) is 74.6 Å². The molecule has 1 saturated heterocycles. The van der Waals surface area contributed by atoms with Crippen LogP contribution in [0.5, 0.6) is 0 Å². The predicted octanol–water partition coefficient (Wildman–Crippen LogP) is 0.786. The lowest BCUT2D eigenvalue weighted by atomic mass is 10.1. The summed E-state index contributed by atoms with van der Waals surface area (Å²) >= 11 is 0. The Bertz CT molecular complexity index is 669. The lowest BCUT2D eigenvalue weighted by molar-refractivity contribution is -0.120. The van der Waals surface area contributed by atoms with E-state index < -0.39 is 0 Å². The molecule has 23 heavy (non-hydrogen) atoms. The highest BCUT2D eigenvalue weighted by Gasteiger charge is 2.22. The molecule has 0 bridgehead atoms. The maximum absolute atomic E-state index is 11.4. The maximum atomic E-state index is 11.4. The molecule has 3 N–H and O–H groups in total. The molecular weight excluding hydrogens is 292 g/mol. The third-order valence-electron chi connectivity index (χ3n) is 4.26. The largest absolute Gasteiger partial charge is 0.374 e. The van der Waals surface area contributed by atoms with Gasteiger partial charge in [-0.25, -0.2) is 0 Å². The number of carbonyl (C=O) groups excluding carboxylic acids is 1. The molecule has 1 aliphatic heterocycles. The van der Waals surface area contributed by atoms with E-state index in [9.17, 15) is 4.79 Å². The van der Waals surface area contributed by atoms with Crippen molar-refractivity contribution in [1.82, 2.24) is 14.8 Å². The van der Waals surface area contributed by atoms with Gasteiger partial charge in [0.25, 0.3) is 0 Å². The van der Waals surface area contributed by atoms with E-state index in [1.54, 1.807) is 0 Å². The van der Waals surface area contributed by atoms with Gasteiger partial charge in [-0.1, -0.05) is 12.1 Å². The van der Waals surface area contributed by atoms with Crippen LogP contribution in [0.2, 0.25) is 0 Å². The zero-order valence-electron chi connectivity index (χ0n) is 13.5. The minimum Gasteiger partial charge on any atom is -0.374 e. The standard InChI is InChI=1S/C17H24N4O2/c1-20-7-8-23-14(10-20)11-21(12-17(18)22)9-13-3-2-4-16-15(13)5-6-19-16/h2-6,14,19H,7-12H2,1H3,(H2,18,22)/t14-/m0/s1. The van der Waals surface area contributed by atoms with Gasteiger partial charge in [-0.3, -0.25) is 9.69 Å². The van der Waals surface area contributed by atoms with Crippen LogP contribution in [-0.4, -0.2) is 66.6 Å². The Balaban J connectivity index is 1.73. The van der Waals surface area contributed by atoms with Gasteiger partial charge in [0, 0.05) is 43.3 Å². The van der Waals surface area contributed by atoms with Crippen LogP contribution in [0.4, 0.5) is 0 Å². The van der Waals surface area contributed by atoms with Gasteiger partial charge < -0.3 is 20.4 Å². The molecule has 124 valence electrons. The second-order valence-electron chi connectivity index (χ2n) is 6.25. The fourth-order valence-electron chi connectivity index (χ4n) is 3.20. The van der Waals surface area contributed by atoms with Gasteiger partial charge in [-0.15, -0.1) is 0 Å². The molecule has 1 amide bonds. The van der Waals surface area contributed by atoms with Crippen LogP contribution >= 0.6 is 0 Å². The monoisotopic (exact) mass is 316 g/mol. The predicted molar refractivity (Wildman–Crippen MR) is 90.0 cm³/mol. The van der Waals surface area contributed by atoms with Crippen molar-refractivity contribution >= 4 is 16.8 Å². The summed E-state index contributed by atoms with van der Waals surface area (Å²) in [5, 5.41) is 1.18. The normalized spacial score (nSPS) is 19.5. The molecular formula is C17H24N4O2. The number of amides is 1. The van der Waals surface area contributed by atoms with Crippen LogP contribution in [0.25, 0.3) is 10.9 Å². The van der Waals surface area contributed by atoms with Gasteiger partial charge in [0.2, 0.25) is 5.91 Å². The van der Waals surface area contributed by atoms with E-state index in [2.05, 4.69) is 40.0 Å². The van der Waals surface area contributed by atoms with Gasteiger partial charge >= 0.3 is 0 Å². The Kier molecular flexibility index (Phi) is 4.95. The lowest BCUT2D eigenvalue weighted by Gasteiger charge is -2.33. The third kappa shape index (κ3) is 4.10. The number of nitrogens with zero attached hydrogens (tertiary/aromatic N) is 2. The molecule has 1 fully saturated rings. The number of rotatable bonds is 6. The molecule has 2 aromatic rings. The zero-order chi connectivity index (χ0) is 16.2. The fourth-order valence-corrected chi connectivity index (χ4v) is 3.20. The number of ether oxygens (including phenoxy) is 1. The van der Waals surface area contributed by atoms with E-state index in [0.29, 0.717) is 13.1 Å². The molecule has 3 rings (SSSR count). The van der Waals surface area contributed by atoms with Gasteiger partial charge in [0.05, 0.1) is 19.3 Å². The second-order valence-corrected chi connectivity index (χ2v) is 6.25. The number of nitrogens with two attached hydrogens (primary N) is 1. The number of carbonyl (C=O) groups is 1. The number of hydrogen-bond acceptors (Lipinski definition) is 4. The van der Waals surface area contributed by atoms with E-state index >= 15 is 0 Å². The first-order valence-electron chi connectivity index (χ1n) is 7.97. The van der Waals surface area contributed by atoms with Crippen LogP contribution in [0.1, 0.15) is 5.56 Å². The van der Waals surface area contributed by atoms with E-state index in [1.165, 1.54) is 10.9 Å². The Morgan fingerprint density at radius 2 is 2.35 bits per heavy atom. The Morgan fingerprint density at radius 3 is 3.13 bits per heavy atom. The van der Waals surface area contributed by atoms with E-state index in [1.807, 2.05) is 12.3 Å². The molecule has 2 heterocycles. The summed E-state index contributed by atoms with van der Waals surface area (Å²) in [6, 6.07) is 8.24. The molecule has 0 unspecified atom stereocenters. The number of nitrogens with one attached hydrogen (secondary N) is 1. The summed E-state index contributed by atoms with van der Waals surface area (Å²) in [7, 11) is 2.09. The van der Waals surface area contributed by atoms with E-state index in [-0.39, 0.29) is 18.6 Å². The number of H-pyrrole nitrogens is 1. The van der Waals surface area contributed by atoms with E-state index in [4.69, 9.17) is 10.5 Å². The number of primary amides is 1. The number of benzene rings is 1. The number of hydrogen-bond donors (Lipinski definition) is 2. The highest BCUT2D eigenvalue weighted by atomic mass is 16.5. The van der Waals surface area contributed by atoms with Crippen LogP contribution < -0.4 is 5.73 Å². The molecule has 1 aromatic carbocycles. The van der Waals surface area contributed by atoms with Crippen molar-refractivity contribution < 1.29 is 9.53 Å². The Morgan fingerprint density at radius 1 is 1.48 bits per heavy atom. The molecule has 0 radical (unpaired) electrons. The van der Waals surface area contributed by atoms with Crippen molar-refractivity contribution in [3.05, 3.63) is 36.0 Å². The number of morpholine rings is 1. The van der Waals surface area contributed by atoms with Gasteiger partial charge in [0.1, 0.15) is 0 Å². The average Bonchev–Trinajstić information content (AvgIpc) is 2.96. The van der Waals surface area contributed by atoms with Crippen molar-refractivity contribution in [1.29, 1.82) is 0 Å². The molecule has 6 nitrogen and oxygen atoms in total. The minimum absolute atomic E-state index is 0.110. The zero-order valence-corrected chi connectivity index (χ0v) is 13.5. The van der Waals surface area contributed by atoms with Crippen LogP contribution in [0.15, 0.2) is 30.5 Å². The number of fused-ring (bicyclic) bond motifs is 1. The first-order valence-corrected chi connectivity index (χ1v) is 7.97. The summed E-state index contributed by atoms with van der Waals surface area (Å²) in [5.41, 5.74) is 7.73. The molecule has 6 heteroatoms. The van der Waals surface area contributed by atoms with Gasteiger partial charge in [-0.2, -0.15) is 0 Å². The maximum Gasteiger partial charge on any atom is 0.231 e. The van der Waals surface area contributed by atoms with Gasteiger partial charge in [0.15, 0.2) is 0 Å². The van der Waals surface area contributed by atoms with Crippen molar-refractivity contribution in [3.63, 3.8) is 0 Å². The highest BCUT2D eigenvalue weighted by Crippen LogP contribution is 2.19. The smallest absolute Gasteiger partial charge is 0.231 e. The first-order chi connectivity index (χ1) is 11.1. The minimum atomic E-state index is -0.310. The molecule has 1 aromatic heterocycles. The van der Waals surface area contributed by atoms with Crippen LogP contribution in [-0.2, 0) is 16.1 Å². The number of likely N-dealkylation sites (N-methyl/N-ethyl adjacent to an activating group) is 1. The van der Waals surface area contributed by atoms with Gasteiger partial charge in [-0.05, 0) is 24.7 Å². The lowest BCUT2D eigenvalue weighted by Crippen LogP contribution is -2.47. The Labute approximate surface area is 136 Å². The van der Waals surface area contributed by atoms with Crippen molar-refractivity contribution in [2.24, 2.45) is 5.73 Å². The summed E-state index contributed by atoms with van der Waals surface area (Å²) in [6.45, 7) is 4.19. The molecule has 1 aliphatic rings.